The van der Waals surface area contributed by atoms with Crippen LogP contribution in [0.3, 0.4) is 0 Å². The van der Waals surface area contributed by atoms with Gasteiger partial charge in [-0.15, -0.1) is 0 Å². The van der Waals surface area contributed by atoms with Gasteiger partial charge in [0.25, 0.3) is 0 Å². The number of benzene rings is 1. The number of nitrogens with one attached hydrogen (secondary N) is 1. The fourth-order valence-corrected chi connectivity index (χ4v) is 4.99. The van der Waals surface area contributed by atoms with Crippen LogP contribution in [0.2, 0.25) is 0 Å². The summed E-state index contributed by atoms with van der Waals surface area (Å²) in [6.45, 7) is 5.55. The van der Waals surface area contributed by atoms with Crippen LogP contribution in [-0.2, 0) is 0 Å². The summed E-state index contributed by atoms with van der Waals surface area (Å²) in [4.78, 5) is 0. The van der Waals surface area contributed by atoms with E-state index in [0.717, 1.165) is 18.9 Å². The van der Waals surface area contributed by atoms with Crippen LogP contribution in [-0.4, -0.2) is 23.2 Å². The Morgan fingerprint density at radius 3 is 2.75 bits per heavy atom. The lowest BCUT2D eigenvalue weighted by molar-refractivity contribution is 0.393. The maximum absolute atomic E-state index is 10.2. The van der Waals surface area contributed by atoms with E-state index in [1.807, 2.05) is 12.1 Å². The molecule has 0 saturated carbocycles. The van der Waals surface area contributed by atoms with Crippen LogP contribution in [0.4, 0.5) is 0 Å². The van der Waals surface area contributed by atoms with E-state index in [9.17, 15) is 5.11 Å². The lowest BCUT2D eigenvalue weighted by atomic mass is 9.97. The Morgan fingerprint density at radius 1 is 1.25 bits per heavy atom. The van der Waals surface area contributed by atoms with Gasteiger partial charge in [-0.05, 0) is 73.3 Å². The molecule has 1 fully saturated rings. The minimum atomic E-state index is 0.342. The molecule has 0 bridgehead atoms. The van der Waals surface area contributed by atoms with Crippen LogP contribution < -0.4 is 5.32 Å². The molecule has 1 aromatic rings. The van der Waals surface area contributed by atoms with E-state index in [0.29, 0.717) is 17.7 Å². The number of rotatable bonds is 3. The summed E-state index contributed by atoms with van der Waals surface area (Å²) < 4.78 is 0. The Labute approximate surface area is 126 Å². The van der Waals surface area contributed by atoms with Crippen molar-refractivity contribution in [3.63, 3.8) is 0 Å². The summed E-state index contributed by atoms with van der Waals surface area (Å²) in [5.41, 5.74) is 3.87. The monoisotopic (exact) mass is 291 g/mol. The molecule has 1 saturated heterocycles. The van der Waals surface area contributed by atoms with E-state index in [1.54, 1.807) is 0 Å². The molecule has 20 heavy (non-hydrogen) atoms. The molecule has 110 valence electrons. The zero-order chi connectivity index (χ0) is 14.1. The molecule has 1 aliphatic carbocycles. The van der Waals surface area contributed by atoms with Gasteiger partial charge in [-0.1, -0.05) is 13.0 Å². The zero-order valence-electron chi connectivity index (χ0n) is 12.5. The Kier molecular flexibility index (Phi) is 4.27. The van der Waals surface area contributed by atoms with Gasteiger partial charge >= 0.3 is 0 Å². The van der Waals surface area contributed by atoms with Gasteiger partial charge in [-0.2, -0.15) is 11.8 Å². The summed E-state index contributed by atoms with van der Waals surface area (Å²) in [6, 6.07) is 4.25. The van der Waals surface area contributed by atoms with Crippen molar-refractivity contribution in [2.75, 3.05) is 18.1 Å². The fourth-order valence-electron chi connectivity index (χ4n) is 3.79. The molecular weight excluding hydrogens is 266 g/mol. The first-order valence-electron chi connectivity index (χ1n) is 7.80. The molecule has 1 aliphatic heterocycles. The van der Waals surface area contributed by atoms with Gasteiger partial charge < -0.3 is 10.4 Å². The molecule has 1 aromatic carbocycles. The molecule has 2 atom stereocenters. The van der Waals surface area contributed by atoms with Crippen molar-refractivity contribution < 1.29 is 5.11 Å². The van der Waals surface area contributed by atoms with Crippen molar-refractivity contribution >= 4 is 11.8 Å². The highest BCUT2D eigenvalue weighted by molar-refractivity contribution is 7.99. The first-order chi connectivity index (χ1) is 9.66. The van der Waals surface area contributed by atoms with Gasteiger partial charge in [0, 0.05) is 11.6 Å². The minimum absolute atomic E-state index is 0.342. The first-order valence-corrected chi connectivity index (χ1v) is 8.95. The van der Waals surface area contributed by atoms with Gasteiger partial charge in [0.15, 0.2) is 0 Å². The predicted molar refractivity (Wildman–Crippen MR) is 86.7 cm³/mol. The smallest absolute Gasteiger partial charge is 0.120 e. The molecule has 2 aliphatic rings. The van der Waals surface area contributed by atoms with E-state index >= 15 is 0 Å². The number of aryl methyl sites for hydroxylation is 1. The highest BCUT2D eigenvalue weighted by atomic mass is 32.2. The third-order valence-electron chi connectivity index (χ3n) is 4.91. The summed E-state index contributed by atoms with van der Waals surface area (Å²) in [6.07, 6.45) is 3.80. The Morgan fingerprint density at radius 2 is 2.00 bits per heavy atom. The molecule has 0 spiro atoms. The molecule has 2 unspecified atom stereocenters. The van der Waals surface area contributed by atoms with Gasteiger partial charge in [0.1, 0.15) is 5.75 Å². The van der Waals surface area contributed by atoms with Crippen LogP contribution in [0, 0.1) is 12.8 Å². The summed E-state index contributed by atoms with van der Waals surface area (Å²) in [5, 5.41) is 14.0. The lowest BCUT2D eigenvalue weighted by Crippen LogP contribution is -2.28. The van der Waals surface area contributed by atoms with Crippen molar-refractivity contribution in [1.82, 2.24) is 5.32 Å². The van der Waals surface area contributed by atoms with Crippen molar-refractivity contribution in [3.8, 4) is 5.75 Å². The third-order valence-corrected chi connectivity index (χ3v) is 5.96. The molecule has 3 heteroatoms. The van der Waals surface area contributed by atoms with E-state index in [-0.39, 0.29) is 0 Å². The van der Waals surface area contributed by atoms with Gasteiger partial charge in [-0.25, -0.2) is 0 Å². The average molecular weight is 291 g/mol. The van der Waals surface area contributed by atoms with Crippen molar-refractivity contribution in [3.05, 3.63) is 28.8 Å². The third kappa shape index (κ3) is 2.71. The Balaban J connectivity index is 1.72. The number of hydrogen-bond acceptors (Lipinski definition) is 3. The summed E-state index contributed by atoms with van der Waals surface area (Å²) in [5.74, 6) is 4.48. The average Bonchev–Trinajstić information content (AvgIpc) is 2.80. The van der Waals surface area contributed by atoms with Crippen molar-refractivity contribution in [2.45, 2.75) is 45.1 Å². The molecule has 1 heterocycles. The van der Waals surface area contributed by atoms with E-state index in [2.05, 4.69) is 30.9 Å². The van der Waals surface area contributed by atoms with Crippen molar-refractivity contribution in [2.24, 2.45) is 5.92 Å². The number of fused-ring (bicyclic) bond motifs is 1. The van der Waals surface area contributed by atoms with Crippen molar-refractivity contribution in [1.29, 1.82) is 0 Å². The van der Waals surface area contributed by atoms with E-state index < -0.39 is 0 Å². The number of thioether (sulfide) groups is 1. The predicted octanol–water partition coefficient (Wildman–Crippen LogP) is 3.98. The minimum Gasteiger partial charge on any atom is -0.508 e. The second-order valence-corrected chi connectivity index (χ2v) is 7.61. The quantitative estimate of drug-likeness (QED) is 0.883. The van der Waals surface area contributed by atoms with Crippen LogP contribution >= 0.6 is 11.8 Å². The van der Waals surface area contributed by atoms with E-state index in [4.69, 9.17) is 0 Å². The maximum Gasteiger partial charge on any atom is 0.120 e. The number of hydrogen-bond donors (Lipinski definition) is 2. The normalized spacial score (nSPS) is 26.7. The van der Waals surface area contributed by atoms with Gasteiger partial charge in [0.2, 0.25) is 0 Å². The lowest BCUT2D eigenvalue weighted by Gasteiger charge is -2.24. The first kappa shape index (κ1) is 14.3. The SMILES string of the molecule is Cc1ccc(O)c2c1C(C)CC2NCC1CCSCC1. The molecular formula is C17H25NOS. The maximum atomic E-state index is 10.2. The van der Waals surface area contributed by atoms with Gasteiger partial charge in [-0.3, -0.25) is 0 Å². The Hall–Kier alpha value is -0.670. The fraction of sp³-hybridized carbons (Fsp3) is 0.647. The standard InChI is InChI=1S/C17H25NOS/c1-11-3-4-15(19)17-14(9-12(2)16(11)17)18-10-13-5-7-20-8-6-13/h3-4,12-14,18-19H,5-10H2,1-2H3. The number of aromatic hydroxyl groups is 1. The highest BCUT2D eigenvalue weighted by Crippen LogP contribution is 2.46. The molecule has 3 rings (SSSR count). The molecule has 2 N–H and O–H groups in total. The topological polar surface area (TPSA) is 32.3 Å². The van der Waals surface area contributed by atoms with Crippen LogP contribution in [0.15, 0.2) is 12.1 Å². The molecule has 0 radical (unpaired) electrons. The van der Waals surface area contributed by atoms with E-state index in [1.165, 1.54) is 41.0 Å². The number of phenols is 1. The summed E-state index contributed by atoms with van der Waals surface area (Å²) >= 11 is 2.08. The Bertz CT molecular complexity index is 482. The molecule has 2 nitrogen and oxygen atoms in total. The van der Waals surface area contributed by atoms with Crippen LogP contribution in [0.1, 0.15) is 54.8 Å². The number of phenolic OH excluding ortho intramolecular Hbond substituents is 1. The van der Waals surface area contributed by atoms with Crippen LogP contribution in [0.5, 0.6) is 5.75 Å². The molecule has 0 amide bonds. The highest BCUT2D eigenvalue weighted by Gasteiger charge is 2.32. The second-order valence-electron chi connectivity index (χ2n) is 6.38. The largest absolute Gasteiger partial charge is 0.508 e. The molecule has 0 aromatic heterocycles. The van der Waals surface area contributed by atoms with Crippen LogP contribution in [0.25, 0.3) is 0 Å². The summed E-state index contributed by atoms with van der Waals surface area (Å²) in [7, 11) is 0. The van der Waals surface area contributed by atoms with Gasteiger partial charge in [0.05, 0.1) is 0 Å². The zero-order valence-corrected chi connectivity index (χ0v) is 13.3. The second kappa shape index (κ2) is 5.98.